The summed E-state index contributed by atoms with van der Waals surface area (Å²) in [6.07, 6.45) is 3.33. The Kier molecular flexibility index (Phi) is 4.32. The lowest BCUT2D eigenvalue weighted by molar-refractivity contribution is 0.521. The van der Waals surface area contributed by atoms with Crippen LogP contribution in [0.15, 0.2) is 36.5 Å². The van der Waals surface area contributed by atoms with Crippen molar-refractivity contribution >= 4 is 0 Å². The Bertz CT molecular complexity index is 534. The van der Waals surface area contributed by atoms with E-state index in [1.165, 1.54) is 12.1 Å². The second-order valence-corrected chi connectivity index (χ2v) is 5.18. The molecule has 2 aromatic rings. The summed E-state index contributed by atoms with van der Waals surface area (Å²) >= 11 is 0. The molecule has 0 spiro atoms. The zero-order valence-electron chi connectivity index (χ0n) is 11.4. The van der Waals surface area contributed by atoms with Crippen LogP contribution in [-0.4, -0.2) is 15.8 Å². The fraction of sp³-hybridized carbons (Fsp3) is 0.400. The molecule has 1 unspecified atom stereocenters. The number of rotatable bonds is 5. The van der Waals surface area contributed by atoms with Gasteiger partial charge in [0.1, 0.15) is 5.82 Å². The van der Waals surface area contributed by atoms with Gasteiger partial charge in [0.15, 0.2) is 0 Å². The highest BCUT2D eigenvalue weighted by Crippen LogP contribution is 2.10. The van der Waals surface area contributed by atoms with Crippen molar-refractivity contribution in [2.45, 2.75) is 38.8 Å². The van der Waals surface area contributed by atoms with Gasteiger partial charge in [-0.2, -0.15) is 5.10 Å². The number of benzene rings is 1. The molecule has 3 nitrogen and oxygen atoms in total. The third-order valence-electron chi connectivity index (χ3n) is 3.05. The van der Waals surface area contributed by atoms with Crippen LogP contribution in [0.25, 0.3) is 0 Å². The van der Waals surface area contributed by atoms with Gasteiger partial charge in [-0.25, -0.2) is 4.39 Å². The smallest absolute Gasteiger partial charge is 0.123 e. The van der Waals surface area contributed by atoms with Gasteiger partial charge in [0.05, 0.1) is 5.69 Å². The molecule has 4 heteroatoms. The predicted molar refractivity (Wildman–Crippen MR) is 74.4 cm³/mol. The Hall–Kier alpha value is -1.68. The molecule has 1 atom stereocenters. The van der Waals surface area contributed by atoms with Crippen molar-refractivity contribution in [2.24, 2.45) is 5.73 Å². The van der Waals surface area contributed by atoms with Gasteiger partial charge in [0.25, 0.3) is 0 Å². The summed E-state index contributed by atoms with van der Waals surface area (Å²) in [5.41, 5.74) is 8.01. The minimum atomic E-state index is -0.214. The molecule has 1 aromatic heterocycles. The fourth-order valence-corrected chi connectivity index (χ4v) is 2.08. The molecular weight excluding hydrogens is 241 g/mol. The molecule has 0 saturated heterocycles. The van der Waals surface area contributed by atoms with Crippen LogP contribution < -0.4 is 5.73 Å². The van der Waals surface area contributed by atoms with Gasteiger partial charge in [-0.1, -0.05) is 12.1 Å². The van der Waals surface area contributed by atoms with Crippen molar-refractivity contribution < 1.29 is 4.39 Å². The topological polar surface area (TPSA) is 43.8 Å². The van der Waals surface area contributed by atoms with E-state index in [-0.39, 0.29) is 11.9 Å². The summed E-state index contributed by atoms with van der Waals surface area (Å²) in [4.78, 5) is 0. The van der Waals surface area contributed by atoms with Gasteiger partial charge >= 0.3 is 0 Å². The van der Waals surface area contributed by atoms with Gasteiger partial charge in [-0.05, 0) is 44.0 Å². The highest BCUT2D eigenvalue weighted by atomic mass is 19.1. The molecule has 0 aliphatic rings. The van der Waals surface area contributed by atoms with Crippen LogP contribution in [-0.2, 0) is 12.8 Å². The van der Waals surface area contributed by atoms with Gasteiger partial charge in [0, 0.05) is 24.7 Å². The van der Waals surface area contributed by atoms with E-state index in [9.17, 15) is 4.39 Å². The molecule has 1 aromatic carbocycles. The zero-order valence-corrected chi connectivity index (χ0v) is 11.4. The highest BCUT2D eigenvalue weighted by molar-refractivity contribution is 5.18. The number of nitrogens with two attached hydrogens (primary N) is 1. The molecule has 1 heterocycles. The van der Waals surface area contributed by atoms with Crippen LogP contribution in [0.5, 0.6) is 0 Å². The highest BCUT2D eigenvalue weighted by Gasteiger charge is 2.09. The molecule has 2 rings (SSSR count). The van der Waals surface area contributed by atoms with E-state index in [1.54, 1.807) is 6.07 Å². The maximum Gasteiger partial charge on any atom is 0.123 e. The first-order chi connectivity index (χ1) is 9.04. The molecular formula is C15H20FN3. The third-order valence-corrected chi connectivity index (χ3v) is 3.05. The summed E-state index contributed by atoms with van der Waals surface area (Å²) in [6, 6.07) is 8.89. The fourth-order valence-electron chi connectivity index (χ4n) is 2.08. The summed E-state index contributed by atoms with van der Waals surface area (Å²) in [7, 11) is 0. The normalized spacial score (nSPS) is 12.9. The number of hydrogen-bond acceptors (Lipinski definition) is 2. The molecule has 0 fully saturated rings. The van der Waals surface area contributed by atoms with E-state index in [2.05, 4.69) is 18.9 Å². The first-order valence-electron chi connectivity index (χ1n) is 6.58. The molecule has 0 radical (unpaired) electrons. The van der Waals surface area contributed by atoms with Gasteiger partial charge in [-0.3, -0.25) is 4.68 Å². The summed E-state index contributed by atoms with van der Waals surface area (Å²) in [5, 5.41) is 4.47. The van der Waals surface area contributed by atoms with E-state index >= 15 is 0 Å². The van der Waals surface area contributed by atoms with Crippen LogP contribution in [0.4, 0.5) is 4.39 Å². The number of hydrogen-bond donors (Lipinski definition) is 1. The minimum Gasteiger partial charge on any atom is -0.327 e. The molecule has 102 valence electrons. The van der Waals surface area contributed by atoms with E-state index in [1.807, 2.05) is 23.0 Å². The standard InChI is InChI=1S/C15H20FN3/c1-11(2)19-7-6-15(18-19)10-14(17)9-12-4-3-5-13(16)8-12/h3-8,11,14H,9-10,17H2,1-2H3. The lowest BCUT2D eigenvalue weighted by atomic mass is 10.0. The molecule has 0 saturated carbocycles. The summed E-state index contributed by atoms with van der Waals surface area (Å²) < 4.78 is 15.0. The summed E-state index contributed by atoms with van der Waals surface area (Å²) in [5.74, 6) is -0.214. The van der Waals surface area contributed by atoms with Gasteiger partial charge in [0.2, 0.25) is 0 Å². The zero-order chi connectivity index (χ0) is 13.8. The Morgan fingerprint density at radius 1 is 1.26 bits per heavy atom. The van der Waals surface area contributed by atoms with E-state index in [4.69, 9.17) is 5.73 Å². The second kappa shape index (κ2) is 5.97. The Morgan fingerprint density at radius 2 is 2.05 bits per heavy atom. The van der Waals surface area contributed by atoms with Gasteiger partial charge < -0.3 is 5.73 Å². The minimum absolute atomic E-state index is 0.0442. The molecule has 2 N–H and O–H groups in total. The third kappa shape index (κ3) is 3.89. The SMILES string of the molecule is CC(C)n1ccc(CC(N)Cc2cccc(F)c2)n1. The van der Waals surface area contributed by atoms with Gasteiger partial charge in [-0.15, -0.1) is 0 Å². The maximum atomic E-state index is 13.1. The van der Waals surface area contributed by atoms with Crippen LogP contribution in [0, 0.1) is 5.82 Å². The Morgan fingerprint density at radius 3 is 2.68 bits per heavy atom. The average molecular weight is 261 g/mol. The van der Waals surface area contributed by atoms with Crippen molar-refractivity contribution in [3.05, 3.63) is 53.6 Å². The predicted octanol–water partition coefficient (Wildman–Crippen LogP) is 2.72. The molecule has 0 aliphatic heterocycles. The monoisotopic (exact) mass is 261 g/mol. The first-order valence-corrected chi connectivity index (χ1v) is 6.58. The van der Waals surface area contributed by atoms with Crippen molar-refractivity contribution in [1.29, 1.82) is 0 Å². The maximum absolute atomic E-state index is 13.1. The van der Waals surface area contributed by atoms with E-state index in [0.29, 0.717) is 18.9 Å². The lowest BCUT2D eigenvalue weighted by Crippen LogP contribution is -2.25. The molecule has 19 heavy (non-hydrogen) atoms. The van der Waals surface area contributed by atoms with Crippen molar-refractivity contribution in [2.75, 3.05) is 0 Å². The molecule has 0 amide bonds. The summed E-state index contributed by atoms with van der Waals surface area (Å²) in [6.45, 7) is 4.17. The Balaban J connectivity index is 1.95. The first kappa shape index (κ1) is 13.7. The van der Waals surface area contributed by atoms with Crippen LogP contribution >= 0.6 is 0 Å². The largest absolute Gasteiger partial charge is 0.327 e. The molecule has 0 bridgehead atoms. The van der Waals surface area contributed by atoms with E-state index < -0.39 is 0 Å². The lowest BCUT2D eigenvalue weighted by Gasteiger charge is -2.10. The van der Waals surface area contributed by atoms with Crippen LogP contribution in [0.1, 0.15) is 31.1 Å². The number of nitrogens with zero attached hydrogens (tertiary/aromatic N) is 2. The van der Waals surface area contributed by atoms with E-state index in [0.717, 1.165) is 11.3 Å². The average Bonchev–Trinajstić information content (AvgIpc) is 2.77. The van der Waals surface area contributed by atoms with Crippen molar-refractivity contribution in [1.82, 2.24) is 9.78 Å². The Labute approximate surface area is 113 Å². The number of halogens is 1. The van der Waals surface area contributed by atoms with Crippen LogP contribution in [0.3, 0.4) is 0 Å². The van der Waals surface area contributed by atoms with Crippen LogP contribution in [0.2, 0.25) is 0 Å². The molecule has 0 aliphatic carbocycles. The quantitative estimate of drug-likeness (QED) is 0.899. The van der Waals surface area contributed by atoms with Crippen molar-refractivity contribution in [3.8, 4) is 0 Å². The van der Waals surface area contributed by atoms with Crippen molar-refractivity contribution in [3.63, 3.8) is 0 Å². The second-order valence-electron chi connectivity index (χ2n) is 5.18. The number of aromatic nitrogens is 2.